The summed E-state index contributed by atoms with van der Waals surface area (Å²) in [6.07, 6.45) is -7.64. The number of imidazole rings is 1. The quantitative estimate of drug-likeness (QED) is 0.221. The first-order valence-corrected chi connectivity index (χ1v) is 15.1. The lowest BCUT2D eigenvalue weighted by molar-refractivity contribution is -0.182. The van der Waals surface area contributed by atoms with Crippen LogP contribution in [0.4, 0.5) is 47.2 Å². The fraction of sp³-hybridized carbons (Fsp3) is 0.483. The van der Waals surface area contributed by atoms with E-state index < -0.39 is 67.7 Å². The first-order chi connectivity index (χ1) is 22.0. The zero-order chi connectivity index (χ0) is 34.4. The standard InChI is InChI=1S/C29H28Cl2F7N5O4/c1-41-20-9-21(47-11-22(32)33)17(25(44)45)8-19(20)40-26(41)43(16-5-3-15(4-6-16)29(36,37)38)24-18(30)7-2-14(23(24)31)10-39-27(46)42-12-28(34,35)13-42/h2,7-9,15-16,22H,3-6,10-13H2,1H3,(H,39,46)(H,44,45)/t15-,16-. The van der Waals surface area contributed by atoms with Crippen molar-refractivity contribution in [1.82, 2.24) is 19.8 Å². The van der Waals surface area contributed by atoms with Crippen molar-refractivity contribution in [3.63, 3.8) is 0 Å². The first kappa shape index (κ1) is 34.7. The van der Waals surface area contributed by atoms with Gasteiger partial charge in [0.2, 0.25) is 5.95 Å². The molecule has 0 radical (unpaired) electrons. The molecule has 1 aliphatic heterocycles. The van der Waals surface area contributed by atoms with Gasteiger partial charge in [-0.25, -0.2) is 32.1 Å². The molecule has 256 valence electrons. The average Bonchev–Trinajstić information content (AvgIpc) is 3.29. The number of aryl methyl sites for hydroxylation is 1. The Morgan fingerprint density at radius 2 is 1.81 bits per heavy atom. The number of rotatable bonds is 9. The van der Waals surface area contributed by atoms with Crippen LogP contribution in [-0.2, 0) is 13.6 Å². The molecule has 2 heterocycles. The van der Waals surface area contributed by atoms with Crippen LogP contribution in [0.15, 0.2) is 24.3 Å². The number of halogens is 9. The molecule has 1 aliphatic carbocycles. The Hall–Kier alpha value is -3.66. The summed E-state index contributed by atoms with van der Waals surface area (Å²) in [4.78, 5) is 31.4. The number of carboxylic acids is 1. The van der Waals surface area contributed by atoms with Crippen LogP contribution in [0.1, 0.15) is 41.6 Å². The van der Waals surface area contributed by atoms with Crippen molar-refractivity contribution in [3.05, 3.63) is 45.4 Å². The number of urea groups is 1. The number of ether oxygens (including phenoxy) is 1. The number of carbonyl (C=O) groups is 2. The number of aromatic carboxylic acids is 1. The lowest BCUT2D eigenvalue weighted by Crippen LogP contribution is -2.60. The van der Waals surface area contributed by atoms with E-state index in [1.807, 2.05) is 0 Å². The Bertz CT molecular complexity index is 1670. The molecule has 2 fully saturated rings. The number of carbonyl (C=O) groups excluding carboxylic acids is 1. The number of hydrogen-bond acceptors (Lipinski definition) is 5. The number of hydrogen-bond donors (Lipinski definition) is 2. The Kier molecular flexibility index (Phi) is 9.66. The largest absolute Gasteiger partial charge is 0.487 e. The van der Waals surface area contributed by atoms with Crippen molar-refractivity contribution in [3.8, 4) is 5.75 Å². The topological polar surface area (TPSA) is 99.9 Å². The molecule has 1 saturated carbocycles. The molecule has 3 aromatic rings. The highest BCUT2D eigenvalue weighted by atomic mass is 35.5. The summed E-state index contributed by atoms with van der Waals surface area (Å²) in [6.45, 7) is -2.75. The summed E-state index contributed by atoms with van der Waals surface area (Å²) < 4.78 is 99.6. The zero-order valence-electron chi connectivity index (χ0n) is 24.6. The van der Waals surface area contributed by atoms with Crippen molar-refractivity contribution >= 4 is 57.9 Å². The number of benzene rings is 2. The van der Waals surface area contributed by atoms with Crippen molar-refractivity contribution in [2.24, 2.45) is 13.0 Å². The van der Waals surface area contributed by atoms with Crippen molar-refractivity contribution in [1.29, 1.82) is 0 Å². The molecule has 47 heavy (non-hydrogen) atoms. The maximum atomic E-state index is 13.6. The molecule has 0 bridgehead atoms. The van der Waals surface area contributed by atoms with Gasteiger partial charge in [-0.05, 0) is 43.4 Å². The van der Waals surface area contributed by atoms with Gasteiger partial charge in [0.15, 0.2) is 0 Å². The number of nitrogens with one attached hydrogen (secondary N) is 1. The van der Waals surface area contributed by atoms with Crippen LogP contribution in [0.25, 0.3) is 11.0 Å². The minimum Gasteiger partial charge on any atom is -0.487 e. The summed E-state index contributed by atoms with van der Waals surface area (Å²) in [5, 5.41) is 12.3. The lowest BCUT2D eigenvalue weighted by atomic mass is 9.84. The van der Waals surface area contributed by atoms with Gasteiger partial charge in [0.25, 0.3) is 12.3 Å². The molecule has 0 atom stereocenters. The molecule has 1 aromatic heterocycles. The molecule has 1 saturated heterocycles. The Morgan fingerprint density at radius 1 is 1.15 bits per heavy atom. The van der Waals surface area contributed by atoms with Gasteiger partial charge in [-0.3, -0.25) is 0 Å². The third-order valence-corrected chi connectivity index (χ3v) is 8.97. The number of anilines is 2. The highest BCUT2D eigenvalue weighted by Gasteiger charge is 2.46. The zero-order valence-corrected chi connectivity index (χ0v) is 26.1. The molecule has 2 aromatic carbocycles. The maximum absolute atomic E-state index is 13.6. The summed E-state index contributed by atoms with van der Waals surface area (Å²) in [6, 6.07) is 3.93. The van der Waals surface area contributed by atoms with Gasteiger partial charge in [0, 0.05) is 25.7 Å². The van der Waals surface area contributed by atoms with E-state index in [0.29, 0.717) is 5.56 Å². The average molecular weight is 714 g/mol. The minimum absolute atomic E-state index is 0.00363. The van der Waals surface area contributed by atoms with Crippen molar-refractivity contribution < 1.29 is 50.2 Å². The van der Waals surface area contributed by atoms with Crippen molar-refractivity contribution in [2.75, 3.05) is 24.6 Å². The SMILES string of the molecule is Cn1c(N(c2c(Cl)ccc(CNC(=O)N3CC(F)(F)C3)c2Cl)[C@H]2CC[C@H](C(F)(F)F)CC2)nc2cc(C(=O)O)c(OCC(F)F)cc21. The Labute approximate surface area is 273 Å². The third-order valence-electron chi connectivity index (χ3n) is 8.24. The van der Waals surface area contributed by atoms with Crippen LogP contribution >= 0.6 is 23.2 Å². The van der Waals surface area contributed by atoms with E-state index in [0.717, 1.165) is 11.0 Å². The summed E-state index contributed by atoms with van der Waals surface area (Å²) >= 11 is 13.5. The van der Waals surface area contributed by atoms with Gasteiger partial charge in [0.1, 0.15) is 17.9 Å². The molecule has 0 spiro atoms. The van der Waals surface area contributed by atoms with E-state index in [4.69, 9.17) is 27.9 Å². The second kappa shape index (κ2) is 13.1. The predicted molar refractivity (Wildman–Crippen MR) is 158 cm³/mol. The summed E-state index contributed by atoms with van der Waals surface area (Å²) in [5.74, 6) is -6.21. The van der Waals surface area contributed by atoms with Gasteiger partial charge in [-0.15, -0.1) is 0 Å². The second-order valence-corrected chi connectivity index (χ2v) is 12.3. The molecular weight excluding hydrogens is 686 g/mol. The summed E-state index contributed by atoms with van der Waals surface area (Å²) in [5.41, 5.74) is 0.381. The number of likely N-dealkylation sites (tertiary alicyclic amines) is 1. The van der Waals surface area contributed by atoms with E-state index in [9.17, 15) is 45.4 Å². The smallest absolute Gasteiger partial charge is 0.391 e. The predicted octanol–water partition coefficient (Wildman–Crippen LogP) is 7.64. The number of amides is 2. The minimum atomic E-state index is -4.40. The number of fused-ring (bicyclic) bond motifs is 1. The van der Waals surface area contributed by atoms with Crippen LogP contribution in [0.2, 0.25) is 10.0 Å². The van der Waals surface area contributed by atoms with E-state index in [1.54, 1.807) is 4.90 Å². The molecule has 0 unspecified atom stereocenters. The molecule has 2 aliphatic rings. The van der Waals surface area contributed by atoms with Crippen LogP contribution < -0.4 is 15.0 Å². The van der Waals surface area contributed by atoms with E-state index in [1.165, 1.54) is 29.8 Å². The number of aromatic nitrogens is 2. The molecule has 9 nitrogen and oxygen atoms in total. The van der Waals surface area contributed by atoms with Crippen LogP contribution in [-0.4, -0.2) is 75.8 Å². The molecule has 5 rings (SSSR count). The Morgan fingerprint density at radius 3 is 2.38 bits per heavy atom. The lowest BCUT2D eigenvalue weighted by Gasteiger charge is -2.39. The van der Waals surface area contributed by atoms with Crippen LogP contribution in [0.5, 0.6) is 5.75 Å². The fourth-order valence-electron chi connectivity index (χ4n) is 5.85. The number of nitrogens with zero attached hydrogens (tertiary/aromatic N) is 4. The first-order valence-electron chi connectivity index (χ1n) is 14.3. The van der Waals surface area contributed by atoms with Gasteiger partial charge in [0.05, 0.1) is 45.8 Å². The monoisotopic (exact) mass is 713 g/mol. The highest BCUT2D eigenvalue weighted by molar-refractivity contribution is 6.40. The van der Waals surface area contributed by atoms with Gasteiger partial charge in [-0.2, -0.15) is 13.2 Å². The van der Waals surface area contributed by atoms with Gasteiger partial charge >= 0.3 is 18.2 Å². The fourth-order valence-corrected chi connectivity index (χ4v) is 6.47. The van der Waals surface area contributed by atoms with E-state index in [-0.39, 0.29) is 70.7 Å². The second-order valence-electron chi connectivity index (χ2n) is 11.5. The maximum Gasteiger partial charge on any atom is 0.391 e. The molecule has 2 amide bonds. The third kappa shape index (κ3) is 7.27. The van der Waals surface area contributed by atoms with E-state index >= 15 is 0 Å². The van der Waals surface area contributed by atoms with Crippen molar-refractivity contribution in [2.45, 2.75) is 56.8 Å². The van der Waals surface area contributed by atoms with E-state index in [2.05, 4.69) is 10.3 Å². The Balaban J connectivity index is 1.56. The van der Waals surface area contributed by atoms with Gasteiger partial charge < -0.3 is 29.5 Å². The summed E-state index contributed by atoms with van der Waals surface area (Å²) in [7, 11) is 1.53. The highest BCUT2D eigenvalue weighted by Crippen LogP contribution is 2.47. The molecule has 18 heteroatoms. The van der Waals surface area contributed by atoms with Crippen LogP contribution in [0.3, 0.4) is 0 Å². The number of alkyl halides is 7. The normalized spacial score (nSPS) is 19.5. The number of carboxylic acid groups (broad SMARTS) is 1. The molecule has 2 N–H and O–H groups in total. The molecular formula is C29H28Cl2F7N5O4. The van der Waals surface area contributed by atoms with Gasteiger partial charge in [-0.1, -0.05) is 29.3 Å². The van der Waals surface area contributed by atoms with Crippen LogP contribution in [0, 0.1) is 5.92 Å².